The van der Waals surface area contributed by atoms with E-state index in [0.29, 0.717) is 4.47 Å². The second-order valence-electron chi connectivity index (χ2n) is 4.81. The molecule has 0 fully saturated rings. The number of fused-ring (bicyclic) bond motifs is 1. The summed E-state index contributed by atoms with van der Waals surface area (Å²) < 4.78 is 28.3. The van der Waals surface area contributed by atoms with Crippen molar-refractivity contribution in [2.45, 2.75) is 13.8 Å². The first kappa shape index (κ1) is 13.2. The molecule has 0 spiro atoms. The highest BCUT2D eigenvalue weighted by atomic mass is 79.9. The highest BCUT2D eigenvalue weighted by Crippen LogP contribution is 2.29. The number of rotatable bonds is 1. The van der Waals surface area contributed by atoms with Gasteiger partial charge < -0.3 is 4.98 Å². The van der Waals surface area contributed by atoms with E-state index in [1.807, 2.05) is 26.0 Å². The highest BCUT2D eigenvalue weighted by molar-refractivity contribution is 9.10. The van der Waals surface area contributed by atoms with Gasteiger partial charge in [-0.15, -0.1) is 0 Å². The third-order valence-electron chi connectivity index (χ3n) is 3.17. The van der Waals surface area contributed by atoms with Crippen LogP contribution in [0.5, 0.6) is 0 Å². The fourth-order valence-electron chi connectivity index (χ4n) is 2.36. The van der Waals surface area contributed by atoms with Crippen LogP contribution in [-0.4, -0.2) is 9.97 Å². The van der Waals surface area contributed by atoms with Crippen molar-refractivity contribution in [2.75, 3.05) is 0 Å². The summed E-state index contributed by atoms with van der Waals surface area (Å²) in [6, 6.07) is 6.35. The number of nitrogens with one attached hydrogen (secondary N) is 1. The van der Waals surface area contributed by atoms with Gasteiger partial charge in [-0.2, -0.15) is 0 Å². The number of aromatic amines is 1. The third-order valence-corrected chi connectivity index (χ3v) is 3.62. The molecule has 0 aliphatic heterocycles. The van der Waals surface area contributed by atoms with Crippen LogP contribution in [0.25, 0.3) is 22.4 Å². The van der Waals surface area contributed by atoms with E-state index >= 15 is 0 Å². The largest absolute Gasteiger partial charge is 0.338 e. The minimum absolute atomic E-state index is 0.138. The molecule has 0 saturated heterocycles. The molecule has 0 aliphatic carbocycles. The van der Waals surface area contributed by atoms with Crippen molar-refractivity contribution in [1.29, 1.82) is 0 Å². The SMILES string of the molecule is Cc1cc(C)c2nc(-c3c(F)cc(Br)cc3F)[nH]c2c1. The van der Waals surface area contributed by atoms with Crippen LogP contribution in [0.3, 0.4) is 0 Å². The molecule has 0 radical (unpaired) electrons. The third kappa shape index (κ3) is 2.12. The fourth-order valence-corrected chi connectivity index (χ4v) is 2.76. The van der Waals surface area contributed by atoms with E-state index in [1.165, 1.54) is 12.1 Å². The number of aryl methyl sites for hydroxylation is 2. The zero-order valence-electron chi connectivity index (χ0n) is 10.9. The Kier molecular flexibility index (Phi) is 3.09. The van der Waals surface area contributed by atoms with Gasteiger partial charge in [0, 0.05) is 4.47 Å². The zero-order chi connectivity index (χ0) is 14.4. The summed E-state index contributed by atoms with van der Waals surface area (Å²) in [4.78, 5) is 7.31. The molecule has 1 aromatic heterocycles. The Hall–Kier alpha value is -1.75. The van der Waals surface area contributed by atoms with E-state index in [-0.39, 0.29) is 11.4 Å². The van der Waals surface area contributed by atoms with Gasteiger partial charge in [0.15, 0.2) is 0 Å². The molecule has 3 aromatic rings. The van der Waals surface area contributed by atoms with Gasteiger partial charge in [-0.25, -0.2) is 13.8 Å². The number of hydrogen-bond donors (Lipinski definition) is 1. The lowest BCUT2D eigenvalue weighted by Crippen LogP contribution is -1.92. The molecular formula is C15H11BrF2N2. The summed E-state index contributed by atoms with van der Waals surface area (Å²) in [5.41, 5.74) is 3.41. The number of hydrogen-bond acceptors (Lipinski definition) is 1. The monoisotopic (exact) mass is 336 g/mol. The summed E-state index contributed by atoms with van der Waals surface area (Å²) in [5.74, 6) is -1.09. The highest BCUT2D eigenvalue weighted by Gasteiger charge is 2.17. The number of benzene rings is 2. The van der Waals surface area contributed by atoms with Crippen molar-refractivity contribution in [3.63, 3.8) is 0 Å². The maximum absolute atomic E-state index is 14.0. The van der Waals surface area contributed by atoms with Crippen molar-refractivity contribution >= 4 is 27.0 Å². The molecule has 3 rings (SSSR count). The Bertz CT molecular complexity index is 801. The van der Waals surface area contributed by atoms with Gasteiger partial charge in [-0.1, -0.05) is 22.0 Å². The van der Waals surface area contributed by atoms with Gasteiger partial charge in [-0.05, 0) is 43.2 Å². The minimum atomic E-state index is -0.648. The van der Waals surface area contributed by atoms with Crippen molar-refractivity contribution in [3.8, 4) is 11.4 Å². The summed E-state index contributed by atoms with van der Waals surface area (Å²) in [6.45, 7) is 3.89. The van der Waals surface area contributed by atoms with E-state index in [0.717, 1.165) is 22.2 Å². The molecule has 20 heavy (non-hydrogen) atoms. The van der Waals surface area contributed by atoms with E-state index in [2.05, 4.69) is 25.9 Å². The topological polar surface area (TPSA) is 28.7 Å². The van der Waals surface area contributed by atoms with Crippen LogP contribution in [0.2, 0.25) is 0 Å². The van der Waals surface area contributed by atoms with E-state index in [4.69, 9.17) is 0 Å². The number of halogens is 3. The van der Waals surface area contributed by atoms with Gasteiger partial charge in [0.2, 0.25) is 0 Å². The Morgan fingerprint density at radius 3 is 2.35 bits per heavy atom. The summed E-state index contributed by atoms with van der Waals surface area (Å²) >= 11 is 3.06. The maximum Gasteiger partial charge on any atom is 0.144 e. The molecule has 0 bridgehead atoms. The smallest absolute Gasteiger partial charge is 0.144 e. The van der Waals surface area contributed by atoms with Gasteiger partial charge in [0.25, 0.3) is 0 Å². The van der Waals surface area contributed by atoms with Gasteiger partial charge in [-0.3, -0.25) is 0 Å². The second-order valence-corrected chi connectivity index (χ2v) is 5.72. The molecule has 0 amide bonds. The van der Waals surface area contributed by atoms with Crippen molar-refractivity contribution < 1.29 is 8.78 Å². The first-order chi connectivity index (χ1) is 9.45. The molecule has 102 valence electrons. The Labute approximate surface area is 123 Å². The predicted molar refractivity (Wildman–Crippen MR) is 78.6 cm³/mol. The van der Waals surface area contributed by atoms with Crippen LogP contribution < -0.4 is 0 Å². The quantitative estimate of drug-likeness (QED) is 0.673. The fraction of sp³-hybridized carbons (Fsp3) is 0.133. The first-order valence-electron chi connectivity index (χ1n) is 6.07. The molecule has 2 aromatic carbocycles. The molecule has 5 heteroatoms. The first-order valence-corrected chi connectivity index (χ1v) is 6.87. The number of imidazole rings is 1. The van der Waals surface area contributed by atoms with Crippen LogP contribution in [0.15, 0.2) is 28.7 Å². The normalized spacial score (nSPS) is 11.2. The van der Waals surface area contributed by atoms with Gasteiger partial charge in [0.1, 0.15) is 17.5 Å². The van der Waals surface area contributed by atoms with Crippen molar-refractivity contribution in [1.82, 2.24) is 9.97 Å². The molecule has 0 aliphatic rings. The average molecular weight is 337 g/mol. The second kappa shape index (κ2) is 4.66. The van der Waals surface area contributed by atoms with Crippen molar-refractivity contribution in [3.05, 3.63) is 51.5 Å². The standard InChI is InChI=1S/C15H11BrF2N2/c1-7-3-8(2)14-12(4-7)19-15(20-14)13-10(17)5-9(16)6-11(13)18/h3-6H,1-2H3,(H,19,20). The van der Waals surface area contributed by atoms with Crippen LogP contribution in [-0.2, 0) is 0 Å². The summed E-state index contributed by atoms with van der Waals surface area (Å²) in [5, 5.41) is 0. The Morgan fingerprint density at radius 1 is 1.05 bits per heavy atom. The number of H-pyrrole nitrogens is 1. The lowest BCUT2D eigenvalue weighted by Gasteiger charge is -2.02. The van der Waals surface area contributed by atoms with Crippen molar-refractivity contribution in [2.24, 2.45) is 0 Å². The van der Waals surface area contributed by atoms with Gasteiger partial charge in [0.05, 0.1) is 16.6 Å². The van der Waals surface area contributed by atoms with E-state index in [1.54, 1.807) is 0 Å². The molecular weight excluding hydrogens is 326 g/mol. The van der Waals surface area contributed by atoms with E-state index < -0.39 is 11.6 Å². The molecule has 1 N–H and O–H groups in total. The van der Waals surface area contributed by atoms with Crippen LogP contribution in [0.1, 0.15) is 11.1 Å². The Morgan fingerprint density at radius 2 is 1.70 bits per heavy atom. The summed E-state index contributed by atoms with van der Waals surface area (Å²) in [6.07, 6.45) is 0. The number of nitrogens with zero attached hydrogens (tertiary/aromatic N) is 1. The predicted octanol–water partition coefficient (Wildman–Crippen LogP) is 4.89. The van der Waals surface area contributed by atoms with Gasteiger partial charge >= 0.3 is 0 Å². The molecule has 0 unspecified atom stereocenters. The Balaban J connectivity index is 2.28. The van der Waals surface area contributed by atoms with E-state index in [9.17, 15) is 8.78 Å². The maximum atomic E-state index is 14.0. The molecule has 0 atom stereocenters. The average Bonchev–Trinajstić information content (AvgIpc) is 2.71. The summed E-state index contributed by atoms with van der Waals surface area (Å²) in [7, 11) is 0. The molecule has 0 saturated carbocycles. The minimum Gasteiger partial charge on any atom is -0.338 e. The van der Waals surface area contributed by atoms with Crippen LogP contribution >= 0.6 is 15.9 Å². The molecule has 2 nitrogen and oxygen atoms in total. The molecule has 1 heterocycles. The number of aromatic nitrogens is 2. The van der Waals surface area contributed by atoms with Crippen LogP contribution in [0, 0.1) is 25.5 Å². The lowest BCUT2D eigenvalue weighted by molar-refractivity contribution is 0.586. The van der Waals surface area contributed by atoms with Crippen LogP contribution in [0.4, 0.5) is 8.78 Å². The zero-order valence-corrected chi connectivity index (χ0v) is 12.5. The lowest BCUT2D eigenvalue weighted by atomic mass is 10.1.